The number of hydrogen-bond donors (Lipinski definition) is 3. The Balaban J connectivity index is 2.48. The molecule has 2 amide bonds. The highest BCUT2D eigenvalue weighted by atomic mass is 35.5. The van der Waals surface area contributed by atoms with Crippen LogP contribution in [0.5, 0.6) is 0 Å². The van der Waals surface area contributed by atoms with Crippen LogP contribution in [-0.4, -0.2) is 29.5 Å². The number of carbonyl (C=O) groups is 2. The zero-order valence-electron chi connectivity index (χ0n) is 11.5. The number of nitrogens with one attached hydrogen (secondary N) is 2. The molecular weight excluding hydrogens is 280 g/mol. The van der Waals surface area contributed by atoms with E-state index in [1.807, 2.05) is 0 Å². The molecule has 0 aliphatic heterocycles. The first kappa shape index (κ1) is 16.5. The van der Waals surface area contributed by atoms with Crippen LogP contribution in [-0.2, 0) is 9.59 Å². The maximum absolute atomic E-state index is 11.6. The lowest BCUT2D eigenvalue weighted by molar-refractivity contribution is -0.126. The summed E-state index contributed by atoms with van der Waals surface area (Å²) in [6, 6.07) is 6.29. The van der Waals surface area contributed by atoms with Gasteiger partial charge in [-0.25, -0.2) is 0 Å². The van der Waals surface area contributed by atoms with Gasteiger partial charge in [0.15, 0.2) is 0 Å². The Kier molecular flexibility index (Phi) is 6.48. The molecule has 0 saturated carbocycles. The lowest BCUT2D eigenvalue weighted by Gasteiger charge is -2.20. The fourth-order valence-corrected chi connectivity index (χ4v) is 1.76. The molecule has 2 atom stereocenters. The first-order valence-electron chi connectivity index (χ1n) is 6.43. The van der Waals surface area contributed by atoms with E-state index in [-0.39, 0.29) is 18.4 Å². The van der Waals surface area contributed by atoms with Crippen LogP contribution >= 0.6 is 11.6 Å². The standard InChI is InChI=1S/C14H19ClN2O3/c1-3-12(18)16-8-13(19)17-9(2)14(20)10-4-6-11(15)7-5-10/h4-7,9,14,20H,3,8H2,1-2H3,(H,16,18)(H,17,19). The lowest BCUT2D eigenvalue weighted by atomic mass is 10.0. The van der Waals surface area contributed by atoms with Gasteiger partial charge in [-0.15, -0.1) is 0 Å². The van der Waals surface area contributed by atoms with Gasteiger partial charge < -0.3 is 15.7 Å². The monoisotopic (exact) mass is 298 g/mol. The second kappa shape index (κ2) is 7.87. The highest BCUT2D eigenvalue weighted by Gasteiger charge is 2.18. The van der Waals surface area contributed by atoms with Crippen molar-refractivity contribution < 1.29 is 14.7 Å². The molecule has 0 radical (unpaired) electrons. The third-order valence-electron chi connectivity index (χ3n) is 2.84. The van der Waals surface area contributed by atoms with E-state index in [1.165, 1.54) is 0 Å². The third-order valence-corrected chi connectivity index (χ3v) is 3.09. The molecule has 2 unspecified atom stereocenters. The molecule has 1 rings (SSSR count). The predicted molar refractivity (Wildman–Crippen MR) is 77.3 cm³/mol. The Labute approximate surface area is 123 Å². The van der Waals surface area contributed by atoms with Crippen LogP contribution in [0.2, 0.25) is 5.02 Å². The summed E-state index contributed by atoms with van der Waals surface area (Å²) in [7, 11) is 0. The summed E-state index contributed by atoms with van der Waals surface area (Å²) < 4.78 is 0. The minimum absolute atomic E-state index is 0.0929. The van der Waals surface area contributed by atoms with Crippen molar-refractivity contribution in [3.05, 3.63) is 34.9 Å². The number of amides is 2. The van der Waals surface area contributed by atoms with Crippen LogP contribution in [0.25, 0.3) is 0 Å². The molecule has 20 heavy (non-hydrogen) atoms. The fourth-order valence-electron chi connectivity index (χ4n) is 1.64. The van der Waals surface area contributed by atoms with E-state index in [2.05, 4.69) is 10.6 Å². The molecule has 110 valence electrons. The first-order valence-corrected chi connectivity index (χ1v) is 6.81. The summed E-state index contributed by atoms with van der Waals surface area (Å²) in [4.78, 5) is 22.6. The average Bonchev–Trinajstić information content (AvgIpc) is 2.44. The average molecular weight is 299 g/mol. The van der Waals surface area contributed by atoms with Crippen molar-refractivity contribution in [1.29, 1.82) is 0 Å². The molecule has 0 aliphatic rings. The first-order chi connectivity index (χ1) is 9.43. The van der Waals surface area contributed by atoms with Crippen molar-refractivity contribution in [3.8, 4) is 0 Å². The molecule has 1 aromatic carbocycles. The largest absolute Gasteiger partial charge is 0.386 e. The molecule has 6 heteroatoms. The number of hydrogen-bond acceptors (Lipinski definition) is 3. The normalized spacial score (nSPS) is 13.4. The molecule has 5 nitrogen and oxygen atoms in total. The van der Waals surface area contributed by atoms with Crippen LogP contribution in [0.4, 0.5) is 0 Å². The second-order valence-corrected chi connectivity index (χ2v) is 4.92. The summed E-state index contributed by atoms with van der Waals surface area (Å²) in [5, 5.41) is 15.8. The van der Waals surface area contributed by atoms with Crippen molar-refractivity contribution >= 4 is 23.4 Å². The molecule has 3 N–H and O–H groups in total. The Morgan fingerprint density at radius 1 is 1.25 bits per heavy atom. The number of aliphatic hydroxyl groups excluding tert-OH is 1. The third kappa shape index (κ3) is 5.19. The lowest BCUT2D eigenvalue weighted by Crippen LogP contribution is -2.43. The van der Waals surface area contributed by atoms with Gasteiger partial charge in [-0.3, -0.25) is 9.59 Å². The van der Waals surface area contributed by atoms with Crippen LogP contribution in [0, 0.1) is 0 Å². The van der Waals surface area contributed by atoms with Crippen molar-refractivity contribution in [1.82, 2.24) is 10.6 Å². The highest BCUT2D eigenvalue weighted by molar-refractivity contribution is 6.30. The van der Waals surface area contributed by atoms with E-state index in [0.717, 1.165) is 0 Å². The van der Waals surface area contributed by atoms with Gasteiger partial charge >= 0.3 is 0 Å². The summed E-state index contributed by atoms with van der Waals surface area (Å²) in [6.07, 6.45) is -0.506. The highest BCUT2D eigenvalue weighted by Crippen LogP contribution is 2.19. The maximum atomic E-state index is 11.6. The Morgan fingerprint density at radius 3 is 2.40 bits per heavy atom. The summed E-state index contributed by atoms with van der Waals surface area (Å²) in [6.45, 7) is 3.31. The second-order valence-electron chi connectivity index (χ2n) is 4.48. The summed E-state index contributed by atoms with van der Waals surface area (Å²) in [5.74, 6) is -0.529. The van der Waals surface area contributed by atoms with Gasteiger partial charge in [-0.2, -0.15) is 0 Å². The van der Waals surface area contributed by atoms with Gasteiger partial charge in [0.2, 0.25) is 11.8 Å². The van der Waals surface area contributed by atoms with Crippen LogP contribution in [0.3, 0.4) is 0 Å². The van der Waals surface area contributed by atoms with Gasteiger partial charge in [0, 0.05) is 11.4 Å². The summed E-state index contributed by atoms with van der Waals surface area (Å²) in [5.41, 5.74) is 0.666. The van der Waals surface area contributed by atoms with E-state index in [0.29, 0.717) is 17.0 Å². The smallest absolute Gasteiger partial charge is 0.239 e. The van der Waals surface area contributed by atoms with E-state index in [1.54, 1.807) is 38.1 Å². The van der Waals surface area contributed by atoms with Crippen molar-refractivity contribution in [3.63, 3.8) is 0 Å². The Hall–Kier alpha value is -1.59. The molecular formula is C14H19ClN2O3. The molecule has 0 fully saturated rings. The predicted octanol–water partition coefficient (Wildman–Crippen LogP) is 1.40. The van der Waals surface area contributed by atoms with Gasteiger partial charge in [-0.1, -0.05) is 30.7 Å². The summed E-state index contributed by atoms with van der Waals surface area (Å²) >= 11 is 5.77. The zero-order chi connectivity index (χ0) is 15.1. The minimum atomic E-state index is -0.835. The van der Waals surface area contributed by atoms with Gasteiger partial charge in [0.05, 0.1) is 18.7 Å². The number of carbonyl (C=O) groups excluding carboxylic acids is 2. The van der Waals surface area contributed by atoms with E-state index in [9.17, 15) is 14.7 Å². The van der Waals surface area contributed by atoms with E-state index in [4.69, 9.17) is 11.6 Å². The molecule has 0 spiro atoms. The van der Waals surface area contributed by atoms with Crippen LogP contribution in [0.1, 0.15) is 31.9 Å². The molecule has 1 aromatic rings. The molecule has 0 heterocycles. The Morgan fingerprint density at radius 2 is 1.85 bits per heavy atom. The van der Waals surface area contributed by atoms with Gasteiger partial charge in [0.1, 0.15) is 0 Å². The number of rotatable bonds is 6. The van der Waals surface area contributed by atoms with E-state index >= 15 is 0 Å². The fraction of sp³-hybridized carbons (Fsp3) is 0.429. The van der Waals surface area contributed by atoms with Crippen LogP contribution < -0.4 is 10.6 Å². The van der Waals surface area contributed by atoms with Gasteiger partial charge in [0.25, 0.3) is 0 Å². The Bertz CT molecular complexity index is 462. The van der Waals surface area contributed by atoms with Crippen molar-refractivity contribution in [2.75, 3.05) is 6.54 Å². The number of aliphatic hydroxyl groups is 1. The van der Waals surface area contributed by atoms with Gasteiger partial charge in [-0.05, 0) is 24.6 Å². The van der Waals surface area contributed by atoms with Crippen molar-refractivity contribution in [2.24, 2.45) is 0 Å². The number of halogens is 1. The topological polar surface area (TPSA) is 78.4 Å². The molecule has 0 bridgehead atoms. The molecule has 0 aliphatic carbocycles. The van der Waals surface area contributed by atoms with Crippen molar-refractivity contribution in [2.45, 2.75) is 32.4 Å². The molecule has 0 aromatic heterocycles. The maximum Gasteiger partial charge on any atom is 0.239 e. The SMILES string of the molecule is CCC(=O)NCC(=O)NC(C)C(O)c1ccc(Cl)cc1. The van der Waals surface area contributed by atoms with Crippen LogP contribution in [0.15, 0.2) is 24.3 Å². The number of benzene rings is 1. The quantitative estimate of drug-likeness (QED) is 0.743. The molecule has 0 saturated heterocycles. The minimum Gasteiger partial charge on any atom is -0.386 e. The van der Waals surface area contributed by atoms with E-state index < -0.39 is 12.1 Å². The zero-order valence-corrected chi connectivity index (χ0v) is 12.3.